The zero-order chi connectivity index (χ0) is 14.5. The van der Waals surface area contributed by atoms with Gasteiger partial charge in [0.25, 0.3) is 0 Å². The number of nitrogens with one attached hydrogen (secondary N) is 1. The van der Waals surface area contributed by atoms with Crippen molar-refractivity contribution in [2.75, 3.05) is 11.9 Å². The van der Waals surface area contributed by atoms with E-state index in [4.69, 9.17) is 0 Å². The molecule has 0 aliphatic rings. The molecule has 0 saturated heterocycles. The van der Waals surface area contributed by atoms with E-state index in [1.165, 1.54) is 11.5 Å². The fourth-order valence-corrected chi connectivity index (χ4v) is 3.65. The molecule has 0 aliphatic carbocycles. The lowest BCUT2D eigenvalue weighted by Crippen LogP contribution is -2.07. The third kappa shape index (κ3) is 3.46. The molecule has 2 aromatic rings. The fraction of sp³-hybridized carbons (Fsp3) is 0.538. The molecule has 7 heteroatoms. The highest BCUT2D eigenvalue weighted by Crippen LogP contribution is 2.35. The lowest BCUT2D eigenvalue weighted by Gasteiger charge is -2.15. The van der Waals surface area contributed by atoms with Gasteiger partial charge in [-0.3, -0.25) is 0 Å². The summed E-state index contributed by atoms with van der Waals surface area (Å²) in [6, 6.07) is 0. The molecular formula is C13H19N5S2. The van der Waals surface area contributed by atoms with E-state index < -0.39 is 0 Å². The van der Waals surface area contributed by atoms with Gasteiger partial charge in [-0.25, -0.2) is 15.0 Å². The molecule has 0 fully saturated rings. The Bertz CT molecular complexity index is 568. The Balaban J connectivity index is 2.32. The van der Waals surface area contributed by atoms with Gasteiger partial charge in [0, 0.05) is 18.5 Å². The fourth-order valence-electron chi connectivity index (χ4n) is 1.80. The Morgan fingerprint density at radius 3 is 2.70 bits per heavy atom. The summed E-state index contributed by atoms with van der Waals surface area (Å²) in [5.41, 5.74) is 1.15. The highest BCUT2D eigenvalue weighted by atomic mass is 32.2. The Hall–Kier alpha value is -1.21. The minimum Gasteiger partial charge on any atom is -0.370 e. The van der Waals surface area contributed by atoms with Gasteiger partial charge in [0.15, 0.2) is 4.34 Å². The maximum absolute atomic E-state index is 4.49. The highest BCUT2D eigenvalue weighted by Gasteiger charge is 2.17. The molecule has 2 heterocycles. The Labute approximate surface area is 127 Å². The first kappa shape index (κ1) is 15.2. The smallest absolute Gasteiger partial charge is 0.176 e. The molecule has 1 N–H and O–H groups in total. The van der Waals surface area contributed by atoms with Crippen LogP contribution in [0.4, 0.5) is 5.82 Å². The molecule has 2 rings (SSSR count). The van der Waals surface area contributed by atoms with Crippen molar-refractivity contribution < 1.29 is 0 Å². The maximum atomic E-state index is 4.49. The Kier molecular flexibility index (Phi) is 5.31. The first-order valence-electron chi connectivity index (χ1n) is 6.74. The van der Waals surface area contributed by atoms with Gasteiger partial charge in [-0.2, -0.15) is 4.37 Å². The van der Waals surface area contributed by atoms with Gasteiger partial charge in [-0.05, 0) is 36.1 Å². The normalized spacial score (nSPS) is 11.1. The largest absolute Gasteiger partial charge is 0.370 e. The number of hydrogen-bond donors (Lipinski definition) is 1. The Morgan fingerprint density at radius 1 is 1.30 bits per heavy atom. The number of aromatic nitrogens is 4. The van der Waals surface area contributed by atoms with Crippen molar-refractivity contribution in [3.05, 3.63) is 17.7 Å². The van der Waals surface area contributed by atoms with Crippen molar-refractivity contribution in [3.8, 4) is 0 Å². The molecule has 0 aromatic carbocycles. The van der Waals surface area contributed by atoms with E-state index in [0.29, 0.717) is 5.92 Å². The molecule has 0 bridgehead atoms. The predicted octanol–water partition coefficient (Wildman–Crippen LogP) is 3.60. The van der Waals surface area contributed by atoms with Crippen LogP contribution in [0.5, 0.6) is 0 Å². The first-order chi connectivity index (χ1) is 9.65. The molecule has 0 unspecified atom stereocenters. The van der Waals surface area contributed by atoms with Crippen LogP contribution in [0.25, 0.3) is 0 Å². The number of anilines is 1. The molecular weight excluding hydrogens is 290 g/mol. The van der Waals surface area contributed by atoms with Gasteiger partial charge >= 0.3 is 0 Å². The summed E-state index contributed by atoms with van der Waals surface area (Å²) in [4.78, 5) is 13.3. The SMILES string of the molecule is CCNc1ncnc(Sc2nc(CC)ns2)c1C(C)C. The van der Waals surface area contributed by atoms with Crippen LogP contribution in [-0.4, -0.2) is 25.9 Å². The second-order valence-electron chi connectivity index (χ2n) is 4.56. The topological polar surface area (TPSA) is 63.6 Å². The monoisotopic (exact) mass is 309 g/mol. The van der Waals surface area contributed by atoms with E-state index in [2.05, 4.69) is 52.3 Å². The maximum Gasteiger partial charge on any atom is 0.176 e. The summed E-state index contributed by atoms with van der Waals surface area (Å²) >= 11 is 3.00. The lowest BCUT2D eigenvalue weighted by atomic mass is 10.1. The van der Waals surface area contributed by atoms with Crippen molar-refractivity contribution in [2.24, 2.45) is 0 Å². The third-order valence-electron chi connectivity index (χ3n) is 2.72. The summed E-state index contributed by atoms with van der Waals surface area (Å²) in [7, 11) is 0. The van der Waals surface area contributed by atoms with E-state index in [1.54, 1.807) is 18.1 Å². The molecule has 108 valence electrons. The van der Waals surface area contributed by atoms with Crippen molar-refractivity contribution in [3.63, 3.8) is 0 Å². The molecule has 0 aliphatic heterocycles. The van der Waals surface area contributed by atoms with Crippen molar-refractivity contribution in [2.45, 2.75) is 49.4 Å². The zero-order valence-electron chi connectivity index (χ0n) is 12.2. The van der Waals surface area contributed by atoms with Crippen LogP contribution in [0.1, 0.15) is 45.0 Å². The predicted molar refractivity (Wildman–Crippen MR) is 83.7 cm³/mol. The minimum atomic E-state index is 0.353. The summed E-state index contributed by atoms with van der Waals surface area (Å²) in [6.07, 6.45) is 2.47. The first-order valence-corrected chi connectivity index (χ1v) is 8.33. The van der Waals surface area contributed by atoms with E-state index >= 15 is 0 Å². The molecule has 2 aromatic heterocycles. The second-order valence-corrected chi connectivity index (χ2v) is 6.55. The lowest BCUT2D eigenvalue weighted by molar-refractivity contribution is 0.803. The van der Waals surface area contributed by atoms with E-state index in [0.717, 1.165) is 39.5 Å². The third-order valence-corrected chi connectivity index (χ3v) is 4.53. The van der Waals surface area contributed by atoms with Crippen molar-refractivity contribution >= 4 is 29.1 Å². The molecule has 0 amide bonds. The number of aryl methyl sites for hydroxylation is 1. The van der Waals surface area contributed by atoms with Crippen LogP contribution in [0.3, 0.4) is 0 Å². The van der Waals surface area contributed by atoms with Gasteiger partial charge in [-0.1, -0.05) is 20.8 Å². The number of nitrogens with zero attached hydrogens (tertiary/aromatic N) is 4. The molecule has 0 saturated carbocycles. The average molecular weight is 309 g/mol. The minimum absolute atomic E-state index is 0.353. The van der Waals surface area contributed by atoms with Crippen LogP contribution < -0.4 is 5.32 Å². The quantitative estimate of drug-likeness (QED) is 0.823. The van der Waals surface area contributed by atoms with E-state index in [1.807, 2.05) is 0 Å². The van der Waals surface area contributed by atoms with Gasteiger partial charge in [0.05, 0.1) is 0 Å². The Morgan fingerprint density at radius 2 is 2.10 bits per heavy atom. The molecule has 0 spiro atoms. The van der Waals surface area contributed by atoms with E-state index in [-0.39, 0.29) is 0 Å². The number of hydrogen-bond acceptors (Lipinski definition) is 7. The van der Waals surface area contributed by atoms with Crippen LogP contribution in [0.2, 0.25) is 0 Å². The van der Waals surface area contributed by atoms with Gasteiger partial charge < -0.3 is 5.32 Å². The van der Waals surface area contributed by atoms with Gasteiger partial charge in [-0.15, -0.1) is 0 Å². The summed E-state index contributed by atoms with van der Waals surface area (Å²) < 4.78 is 5.25. The molecule has 0 radical (unpaired) electrons. The van der Waals surface area contributed by atoms with E-state index in [9.17, 15) is 0 Å². The van der Waals surface area contributed by atoms with Crippen molar-refractivity contribution in [1.29, 1.82) is 0 Å². The summed E-state index contributed by atoms with van der Waals surface area (Å²) in [5.74, 6) is 2.16. The van der Waals surface area contributed by atoms with Crippen molar-refractivity contribution in [1.82, 2.24) is 19.3 Å². The van der Waals surface area contributed by atoms with Crippen LogP contribution in [-0.2, 0) is 6.42 Å². The average Bonchev–Trinajstić information content (AvgIpc) is 2.86. The van der Waals surface area contributed by atoms with Crippen LogP contribution in [0, 0.1) is 0 Å². The number of rotatable bonds is 6. The van der Waals surface area contributed by atoms with Gasteiger partial charge in [0.2, 0.25) is 0 Å². The zero-order valence-corrected chi connectivity index (χ0v) is 13.8. The second kappa shape index (κ2) is 6.99. The summed E-state index contributed by atoms with van der Waals surface area (Å²) in [5, 5.41) is 4.27. The molecule has 5 nitrogen and oxygen atoms in total. The molecule has 0 atom stereocenters. The highest BCUT2D eigenvalue weighted by molar-refractivity contribution is 8.00. The van der Waals surface area contributed by atoms with Crippen LogP contribution in [0.15, 0.2) is 15.7 Å². The van der Waals surface area contributed by atoms with Crippen LogP contribution >= 0.6 is 23.3 Å². The standard InChI is InChI=1S/C13H19N5S2/c1-5-9-17-13(20-18-9)19-12-10(8(3)4)11(14-6-2)15-7-16-12/h7-8H,5-6H2,1-4H3,(H,14,15,16). The van der Waals surface area contributed by atoms with Gasteiger partial charge in [0.1, 0.15) is 23.0 Å². The summed E-state index contributed by atoms with van der Waals surface area (Å²) in [6.45, 7) is 9.28. The molecule has 20 heavy (non-hydrogen) atoms.